The number of amides is 1. The maximum atomic E-state index is 11.4. The van der Waals surface area contributed by atoms with Gasteiger partial charge in [0.1, 0.15) is 6.04 Å². The monoisotopic (exact) mass is 257 g/mol. The van der Waals surface area contributed by atoms with Crippen LogP contribution >= 0.6 is 0 Å². The second kappa shape index (κ2) is 5.77. The molecule has 1 aromatic heterocycles. The highest BCUT2D eigenvalue weighted by Crippen LogP contribution is 1.90. The van der Waals surface area contributed by atoms with Crippen molar-refractivity contribution in [1.29, 1.82) is 0 Å². The van der Waals surface area contributed by atoms with Gasteiger partial charge < -0.3 is 20.5 Å². The van der Waals surface area contributed by atoms with E-state index in [-0.39, 0.29) is 12.1 Å². The number of hydrogen-bond acceptors (Lipinski definition) is 5. The summed E-state index contributed by atoms with van der Waals surface area (Å²) in [7, 11) is 0. The van der Waals surface area contributed by atoms with Crippen molar-refractivity contribution in [3.8, 4) is 0 Å². The Morgan fingerprint density at radius 3 is 2.50 bits per heavy atom. The zero-order valence-electron chi connectivity index (χ0n) is 9.10. The van der Waals surface area contributed by atoms with Gasteiger partial charge in [0.2, 0.25) is 5.91 Å². The fourth-order valence-electron chi connectivity index (χ4n) is 1.22. The summed E-state index contributed by atoms with van der Waals surface area (Å²) in [6, 6.07) is -0.415. The molecule has 0 aliphatic rings. The molecule has 98 valence electrons. The van der Waals surface area contributed by atoms with Crippen molar-refractivity contribution < 1.29 is 19.8 Å². The minimum absolute atomic E-state index is 0.0447. The predicted molar refractivity (Wildman–Crippen MR) is 58.0 cm³/mol. The van der Waals surface area contributed by atoms with Crippen molar-refractivity contribution in [2.75, 3.05) is 6.61 Å². The summed E-state index contributed by atoms with van der Waals surface area (Å²) in [5, 5.41) is 19.3. The Balaban J connectivity index is 2.73. The number of hydrogen-bond donors (Lipinski definition) is 5. The van der Waals surface area contributed by atoms with Gasteiger partial charge in [-0.05, 0) is 0 Å². The average molecular weight is 257 g/mol. The third kappa shape index (κ3) is 3.87. The Labute approximate surface area is 99.5 Å². The van der Waals surface area contributed by atoms with Crippen LogP contribution in [0.5, 0.6) is 0 Å². The van der Waals surface area contributed by atoms with Crippen LogP contribution < -0.4 is 16.6 Å². The molecule has 0 aliphatic carbocycles. The fourth-order valence-corrected chi connectivity index (χ4v) is 1.22. The lowest BCUT2D eigenvalue weighted by Crippen LogP contribution is -2.44. The molecule has 0 spiro atoms. The van der Waals surface area contributed by atoms with E-state index in [1.165, 1.54) is 0 Å². The average Bonchev–Trinajstić information content (AvgIpc) is 2.23. The summed E-state index contributed by atoms with van der Waals surface area (Å²) in [6.45, 7) is -0.757. The number of aliphatic carboxylic acids is 1. The second-order valence-electron chi connectivity index (χ2n) is 3.43. The summed E-state index contributed by atoms with van der Waals surface area (Å²) in [5.41, 5.74) is -1.39. The molecule has 0 aromatic carbocycles. The lowest BCUT2D eigenvalue weighted by atomic mass is 10.2. The molecule has 5 N–H and O–H groups in total. The van der Waals surface area contributed by atoms with Gasteiger partial charge >= 0.3 is 11.7 Å². The van der Waals surface area contributed by atoms with Gasteiger partial charge in [-0.2, -0.15) is 0 Å². The van der Waals surface area contributed by atoms with E-state index < -0.39 is 35.8 Å². The van der Waals surface area contributed by atoms with Crippen molar-refractivity contribution >= 4 is 11.9 Å². The zero-order valence-corrected chi connectivity index (χ0v) is 9.10. The number of aromatic nitrogens is 2. The normalized spacial score (nSPS) is 11.8. The summed E-state index contributed by atoms with van der Waals surface area (Å²) in [4.78, 5) is 47.9. The van der Waals surface area contributed by atoms with E-state index in [0.29, 0.717) is 0 Å². The maximum Gasteiger partial charge on any atom is 0.328 e. The van der Waals surface area contributed by atoms with Gasteiger partial charge in [-0.25, -0.2) is 9.59 Å². The van der Waals surface area contributed by atoms with Crippen LogP contribution in [0.3, 0.4) is 0 Å². The van der Waals surface area contributed by atoms with Crippen LogP contribution in [0.1, 0.15) is 5.69 Å². The number of H-pyrrole nitrogens is 2. The number of aromatic amines is 2. The van der Waals surface area contributed by atoms with Crippen molar-refractivity contribution in [2.45, 2.75) is 12.5 Å². The predicted octanol–water partition coefficient (Wildman–Crippen LogP) is -2.83. The van der Waals surface area contributed by atoms with Gasteiger partial charge in [-0.1, -0.05) is 0 Å². The number of carboxylic acids is 1. The summed E-state index contributed by atoms with van der Waals surface area (Å²) in [6.07, 6.45) is -0.372. The molecular formula is C9H11N3O6. The third-order valence-electron chi connectivity index (χ3n) is 1.98. The van der Waals surface area contributed by atoms with Gasteiger partial charge in [-0.3, -0.25) is 14.6 Å². The topological polar surface area (TPSA) is 152 Å². The first-order chi connectivity index (χ1) is 8.42. The summed E-state index contributed by atoms with van der Waals surface area (Å²) < 4.78 is 0. The molecule has 0 fully saturated rings. The Hall–Kier alpha value is -2.42. The highest BCUT2D eigenvalue weighted by molar-refractivity contribution is 5.84. The van der Waals surface area contributed by atoms with Crippen LogP contribution in [0.15, 0.2) is 15.7 Å². The smallest absolute Gasteiger partial charge is 0.328 e. The maximum absolute atomic E-state index is 11.4. The van der Waals surface area contributed by atoms with Crippen molar-refractivity contribution in [1.82, 2.24) is 15.3 Å². The van der Waals surface area contributed by atoms with Crippen LogP contribution in [-0.4, -0.2) is 44.7 Å². The molecule has 1 rings (SSSR count). The van der Waals surface area contributed by atoms with Crippen LogP contribution in [-0.2, 0) is 16.0 Å². The van der Waals surface area contributed by atoms with E-state index in [4.69, 9.17) is 10.2 Å². The molecule has 0 saturated heterocycles. The van der Waals surface area contributed by atoms with Gasteiger partial charge in [0.15, 0.2) is 0 Å². The minimum atomic E-state index is -1.42. The van der Waals surface area contributed by atoms with E-state index in [1.54, 1.807) is 0 Å². The fraction of sp³-hybridized carbons (Fsp3) is 0.333. The van der Waals surface area contributed by atoms with Gasteiger partial charge in [-0.15, -0.1) is 0 Å². The summed E-state index contributed by atoms with van der Waals surface area (Å²) >= 11 is 0. The third-order valence-corrected chi connectivity index (χ3v) is 1.98. The minimum Gasteiger partial charge on any atom is -0.480 e. The number of carboxylic acid groups (broad SMARTS) is 1. The Kier molecular flexibility index (Phi) is 4.38. The van der Waals surface area contributed by atoms with Crippen LogP contribution in [0, 0.1) is 0 Å². The van der Waals surface area contributed by atoms with Crippen molar-refractivity contribution in [2.24, 2.45) is 0 Å². The van der Waals surface area contributed by atoms with Crippen LogP contribution in [0.4, 0.5) is 0 Å². The first-order valence-electron chi connectivity index (χ1n) is 4.88. The van der Waals surface area contributed by atoms with E-state index in [9.17, 15) is 19.2 Å². The molecule has 0 bridgehead atoms. The largest absolute Gasteiger partial charge is 0.480 e. The Morgan fingerprint density at radius 1 is 1.33 bits per heavy atom. The molecule has 0 aliphatic heterocycles. The van der Waals surface area contributed by atoms with Crippen LogP contribution in [0.2, 0.25) is 0 Å². The molecule has 18 heavy (non-hydrogen) atoms. The zero-order chi connectivity index (χ0) is 13.7. The molecule has 1 atom stereocenters. The van der Waals surface area contributed by atoms with Crippen molar-refractivity contribution in [3.63, 3.8) is 0 Å². The first kappa shape index (κ1) is 13.6. The quantitative estimate of drug-likeness (QED) is 0.383. The number of aliphatic hydroxyl groups excluding tert-OH is 1. The SMILES string of the molecule is O=C(Cc1cc(=O)[nH]c(=O)[nH]1)N[C@H](CO)C(=O)O. The number of carbonyl (C=O) groups excluding carboxylic acids is 1. The molecule has 0 saturated carbocycles. The first-order valence-corrected chi connectivity index (χ1v) is 4.88. The second-order valence-corrected chi connectivity index (χ2v) is 3.43. The van der Waals surface area contributed by atoms with Gasteiger partial charge in [0, 0.05) is 11.8 Å². The van der Waals surface area contributed by atoms with Gasteiger partial charge in [0.05, 0.1) is 13.0 Å². The highest BCUT2D eigenvalue weighted by atomic mass is 16.4. The lowest BCUT2D eigenvalue weighted by Gasteiger charge is -2.11. The molecule has 0 unspecified atom stereocenters. The van der Waals surface area contributed by atoms with Crippen LogP contribution in [0.25, 0.3) is 0 Å². The Morgan fingerprint density at radius 2 is 2.00 bits per heavy atom. The lowest BCUT2D eigenvalue weighted by molar-refractivity contribution is -0.142. The number of carbonyl (C=O) groups is 2. The molecule has 9 heteroatoms. The molecule has 9 nitrogen and oxygen atoms in total. The van der Waals surface area contributed by atoms with E-state index >= 15 is 0 Å². The van der Waals surface area contributed by atoms with Gasteiger partial charge in [0.25, 0.3) is 5.56 Å². The molecule has 1 heterocycles. The number of nitrogens with one attached hydrogen (secondary N) is 3. The van der Waals surface area contributed by atoms with E-state index in [1.807, 2.05) is 10.3 Å². The van der Waals surface area contributed by atoms with E-state index in [2.05, 4.69) is 4.98 Å². The summed E-state index contributed by atoms with van der Waals surface area (Å²) in [5.74, 6) is -2.12. The number of rotatable bonds is 5. The molecule has 1 aromatic rings. The standard InChI is InChI=1S/C9H11N3O6/c13-3-5(8(16)17)11-6(14)1-4-2-7(15)12-9(18)10-4/h2,5,13H,1,3H2,(H,11,14)(H,16,17)(H2,10,12,15,18)/t5-/m1/s1. The molecule has 1 amide bonds. The molecular weight excluding hydrogens is 246 g/mol. The Bertz CT molecular complexity index is 532. The highest BCUT2D eigenvalue weighted by Gasteiger charge is 2.18. The molecule has 0 radical (unpaired) electrons. The van der Waals surface area contributed by atoms with Crippen molar-refractivity contribution in [3.05, 3.63) is 32.6 Å². The number of aliphatic hydroxyl groups is 1. The van der Waals surface area contributed by atoms with E-state index in [0.717, 1.165) is 6.07 Å².